The fourth-order valence-corrected chi connectivity index (χ4v) is 1.01. The Morgan fingerprint density at radius 3 is 3.18 bits per heavy atom. The van der Waals surface area contributed by atoms with E-state index in [1.165, 1.54) is 0 Å². The van der Waals surface area contributed by atoms with Gasteiger partial charge in [0.2, 0.25) is 0 Å². The largest absolute Gasteiger partial charge is 0.394 e. The summed E-state index contributed by atoms with van der Waals surface area (Å²) in [7, 11) is 0. The van der Waals surface area contributed by atoms with Gasteiger partial charge in [0.15, 0.2) is 0 Å². The number of morpholine rings is 1. The maximum absolute atomic E-state index is 8.41. The van der Waals surface area contributed by atoms with Crippen molar-refractivity contribution in [3.05, 3.63) is 0 Å². The quantitative estimate of drug-likeness (QED) is 0.518. The standard InChI is InChI=1S/C7H15NO3/c9-2-4-10-6-7-5-8-1-3-11-7/h7-9H,1-6H2. The summed E-state index contributed by atoms with van der Waals surface area (Å²) in [6, 6.07) is 0. The molecule has 1 heterocycles. The highest BCUT2D eigenvalue weighted by Gasteiger charge is 2.12. The van der Waals surface area contributed by atoms with Crippen molar-refractivity contribution in [2.45, 2.75) is 6.10 Å². The van der Waals surface area contributed by atoms with Gasteiger partial charge in [-0.05, 0) is 0 Å². The lowest BCUT2D eigenvalue weighted by molar-refractivity contribution is -0.0369. The predicted molar refractivity (Wildman–Crippen MR) is 40.5 cm³/mol. The lowest BCUT2D eigenvalue weighted by atomic mass is 10.3. The molecule has 0 amide bonds. The number of aliphatic hydroxyl groups excluding tert-OH is 1. The van der Waals surface area contributed by atoms with Gasteiger partial charge >= 0.3 is 0 Å². The van der Waals surface area contributed by atoms with Gasteiger partial charge in [-0.25, -0.2) is 0 Å². The van der Waals surface area contributed by atoms with Gasteiger partial charge in [-0.3, -0.25) is 0 Å². The molecule has 66 valence electrons. The highest BCUT2D eigenvalue weighted by molar-refractivity contribution is 4.65. The molecule has 0 bridgehead atoms. The van der Waals surface area contributed by atoms with E-state index in [1.54, 1.807) is 0 Å². The number of nitrogens with one attached hydrogen (secondary N) is 1. The van der Waals surface area contributed by atoms with E-state index in [4.69, 9.17) is 14.6 Å². The van der Waals surface area contributed by atoms with Crippen LogP contribution in [0, 0.1) is 0 Å². The summed E-state index contributed by atoms with van der Waals surface area (Å²) < 4.78 is 10.5. The van der Waals surface area contributed by atoms with Gasteiger partial charge in [-0.2, -0.15) is 0 Å². The average molecular weight is 161 g/mol. The zero-order chi connectivity index (χ0) is 7.94. The molecule has 1 saturated heterocycles. The molecule has 1 rings (SSSR count). The molecule has 2 N–H and O–H groups in total. The Morgan fingerprint density at radius 1 is 1.64 bits per heavy atom. The van der Waals surface area contributed by atoms with Gasteiger partial charge in [0.1, 0.15) is 0 Å². The molecular formula is C7H15NO3. The van der Waals surface area contributed by atoms with Crippen LogP contribution < -0.4 is 5.32 Å². The van der Waals surface area contributed by atoms with E-state index in [0.717, 1.165) is 19.7 Å². The van der Waals surface area contributed by atoms with Gasteiger partial charge in [-0.15, -0.1) is 0 Å². The van der Waals surface area contributed by atoms with Crippen LogP contribution in [0.3, 0.4) is 0 Å². The van der Waals surface area contributed by atoms with Crippen molar-refractivity contribution in [3.63, 3.8) is 0 Å². The topological polar surface area (TPSA) is 50.7 Å². The highest BCUT2D eigenvalue weighted by atomic mass is 16.5. The first-order valence-electron chi connectivity index (χ1n) is 3.94. The molecule has 0 aromatic heterocycles. The fraction of sp³-hybridized carbons (Fsp3) is 1.00. The van der Waals surface area contributed by atoms with Crippen LogP contribution in [0.25, 0.3) is 0 Å². The van der Waals surface area contributed by atoms with Crippen molar-refractivity contribution >= 4 is 0 Å². The summed E-state index contributed by atoms with van der Waals surface area (Å²) >= 11 is 0. The number of hydrogen-bond acceptors (Lipinski definition) is 4. The van der Waals surface area contributed by atoms with Gasteiger partial charge in [0, 0.05) is 13.1 Å². The van der Waals surface area contributed by atoms with Crippen LogP contribution in [0.5, 0.6) is 0 Å². The van der Waals surface area contributed by atoms with E-state index in [0.29, 0.717) is 13.2 Å². The van der Waals surface area contributed by atoms with Crippen molar-refractivity contribution in [2.24, 2.45) is 0 Å². The summed E-state index contributed by atoms with van der Waals surface area (Å²) in [4.78, 5) is 0. The normalized spacial score (nSPS) is 25.4. The van der Waals surface area contributed by atoms with E-state index >= 15 is 0 Å². The van der Waals surface area contributed by atoms with E-state index < -0.39 is 0 Å². The molecule has 0 spiro atoms. The average Bonchev–Trinajstić information content (AvgIpc) is 2.07. The van der Waals surface area contributed by atoms with Gasteiger partial charge < -0.3 is 19.9 Å². The van der Waals surface area contributed by atoms with Crippen LogP contribution in [0.2, 0.25) is 0 Å². The van der Waals surface area contributed by atoms with E-state index in [1.807, 2.05) is 0 Å². The monoisotopic (exact) mass is 161 g/mol. The second-order valence-electron chi connectivity index (χ2n) is 2.50. The molecular weight excluding hydrogens is 146 g/mol. The minimum Gasteiger partial charge on any atom is -0.394 e. The Morgan fingerprint density at radius 2 is 2.55 bits per heavy atom. The third kappa shape index (κ3) is 3.67. The fourth-order valence-electron chi connectivity index (χ4n) is 1.01. The van der Waals surface area contributed by atoms with E-state index in [9.17, 15) is 0 Å². The first kappa shape index (κ1) is 8.93. The predicted octanol–water partition coefficient (Wildman–Crippen LogP) is -1.02. The van der Waals surface area contributed by atoms with E-state index in [-0.39, 0.29) is 12.7 Å². The van der Waals surface area contributed by atoms with Gasteiger partial charge in [-0.1, -0.05) is 0 Å². The Labute approximate surface area is 66.5 Å². The van der Waals surface area contributed by atoms with Crippen LogP contribution in [0.15, 0.2) is 0 Å². The molecule has 0 saturated carbocycles. The third-order valence-corrected chi connectivity index (χ3v) is 1.54. The molecule has 4 nitrogen and oxygen atoms in total. The Balaban J connectivity index is 1.96. The summed E-state index contributed by atoms with van der Waals surface area (Å²) in [5.41, 5.74) is 0. The lowest BCUT2D eigenvalue weighted by Gasteiger charge is -2.23. The van der Waals surface area contributed by atoms with Crippen LogP contribution >= 0.6 is 0 Å². The molecule has 1 unspecified atom stereocenters. The number of aliphatic hydroxyl groups is 1. The van der Waals surface area contributed by atoms with Crippen LogP contribution in [-0.4, -0.2) is 50.7 Å². The first-order valence-corrected chi connectivity index (χ1v) is 3.94. The third-order valence-electron chi connectivity index (χ3n) is 1.54. The number of hydrogen-bond donors (Lipinski definition) is 2. The summed E-state index contributed by atoms with van der Waals surface area (Å²) in [6.07, 6.45) is 0.162. The molecule has 0 aromatic rings. The zero-order valence-electron chi connectivity index (χ0n) is 6.58. The van der Waals surface area contributed by atoms with Crippen LogP contribution in [0.1, 0.15) is 0 Å². The zero-order valence-corrected chi connectivity index (χ0v) is 6.58. The molecule has 0 aliphatic carbocycles. The molecule has 0 aromatic carbocycles. The minimum atomic E-state index is 0.0835. The Hall–Kier alpha value is -0.160. The maximum Gasteiger partial charge on any atom is 0.0933 e. The van der Waals surface area contributed by atoms with Gasteiger partial charge in [0.25, 0.3) is 0 Å². The maximum atomic E-state index is 8.41. The second-order valence-corrected chi connectivity index (χ2v) is 2.50. The Kier molecular flexibility index (Phi) is 4.45. The highest BCUT2D eigenvalue weighted by Crippen LogP contribution is 1.95. The number of rotatable bonds is 4. The van der Waals surface area contributed by atoms with Gasteiger partial charge in [0.05, 0.1) is 32.5 Å². The Bertz CT molecular complexity index is 93.7. The van der Waals surface area contributed by atoms with Crippen LogP contribution in [0.4, 0.5) is 0 Å². The van der Waals surface area contributed by atoms with E-state index in [2.05, 4.69) is 5.32 Å². The molecule has 4 heteroatoms. The van der Waals surface area contributed by atoms with Crippen LogP contribution in [-0.2, 0) is 9.47 Å². The molecule has 1 aliphatic heterocycles. The molecule has 1 atom stereocenters. The van der Waals surface area contributed by atoms with Crippen molar-refractivity contribution in [3.8, 4) is 0 Å². The molecule has 11 heavy (non-hydrogen) atoms. The van der Waals surface area contributed by atoms with Crippen molar-refractivity contribution in [1.29, 1.82) is 0 Å². The molecule has 1 fully saturated rings. The summed E-state index contributed by atoms with van der Waals surface area (Å²) in [6.45, 7) is 3.60. The second kappa shape index (κ2) is 5.49. The lowest BCUT2D eigenvalue weighted by Crippen LogP contribution is -2.41. The summed E-state index contributed by atoms with van der Waals surface area (Å²) in [5.74, 6) is 0. The number of ether oxygens (including phenoxy) is 2. The molecule has 1 aliphatic rings. The minimum absolute atomic E-state index is 0.0835. The van der Waals surface area contributed by atoms with Crippen molar-refractivity contribution in [2.75, 3.05) is 39.5 Å². The smallest absolute Gasteiger partial charge is 0.0933 e. The first-order chi connectivity index (χ1) is 5.43. The molecule has 0 radical (unpaired) electrons. The van der Waals surface area contributed by atoms with Crippen molar-refractivity contribution < 1.29 is 14.6 Å². The SMILES string of the molecule is OCCOCC1CNCCO1. The van der Waals surface area contributed by atoms with Crippen molar-refractivity contribution in [1.82, 2.24) is 5.32 Å². The summed E-state index contributed by atoms with van der Waals surface area (Å²) in [5, 5.41) is 11.6.